The summed E-state index contributed by atoms with van der Waals surface area (Å²) in [5.41, 5.74) is 4.77. The topological polar surface area (TPSA) is 113 Å². The summed E-state index contributed by atoms with van der Waals surface area (Å²) in [7, 11) is 0. The highest BCUT2D eigenvalue weighted by Gasteiger charge is 2.24. The van der Waals surface area contributed by atoms with Crippen LogP contribution >= 0.6 is 0 Å². The molecular formula is C31H57NO6. The lowest BCUT2D eigenvalue weighted by Gasteiger charge is -2.21. The van der Waals surface area contributed by atoms with Gasteiger partial charge in [0.15, 0.2) is 11.6 Å². The monoisotopic (exact) mass is 539 g/mol. The molecule has 0 aliphatic rings. The Morgan fingerprint density at radius 3 is 1.26 bits per heavy atom. The maximum atomic E-state index is 12.0. The fourth-order valence-electron chi connectivity index (χ4n) is 4.13. The number of carbonyl (C=O) groups is 4. The van der Waals surface area contributed by atoms with E-state index >= 15 is 0 Å². The van der Waals surface area contributed by atoms with Crippen LogP contribution in [0.1, 0.15) is 157 Å². The van der Waals surface area contributed by atoms with Gasteiger partial charge in [0.2, 0.25) is 0 Å². The molecule has 0 rings (SSSR count). The van der Waals surface area contributed by atoms with Gasteiger partial charge in [-0.05, 0) is 60.8 Å². The van der Waals surface area contributed by atoms with Crippen LogP contribution in [-0.4, -0.2) is 40.7 Å². The van der Waals surface area contributed by atoms with Gasteiger partial charge in [0.1, 0.15) is 17.2 Å². The van der Waals surface area contributed by atoms with Crippen molar-refractivity contribution in [2.45, 2.75) is 174 Å². The normalized spacial score (nSPS) is 12.7. The molecule has 0 radical (unpaired) electrons. The first-order valence-electron chi connectivity index (χ1n) is 15.0. The summed E-state index contributed by atoms with van der Waals surface area (Å²) in [5, 5.41) is 0. The average molecular weight is 540 g/mol. The second-order valence-electron chi connectivity index (χ2n) is 12.6. The van der Waals surface area contributed by atoms with Crippen LogP contribution in [0.25, 0.3) is 0 Å². The number of esters is 2. The van der Waals surface area contributed by atoms with Gasteiger partial charge in [-0.25, -0.2) is 0 Å². The highest BCUT2D eigenvalue weighted by atomic mass is 16.6. The van der Waals surface area contributed by atoms with E-state index in [2.05, 4.69) is 0 Å². The number of Topliss-reactive ketones (excluding diaryl/α,β-unsaturated/α-hetero) is 2. The lowest BCUT2D eigenvalue weighted by molar-refractivity contribution is -0.157. The van der Waals surface area contributed by atoms with Gasteiger partial charge in [-0.2, -0.15) is 0 Å². The molecule has 0 heterocycles. The van der Waals surface area contributed by atoms with E-state index < -0.39 is 23.4 Å². The Balaban J connectivity index is 3.52. The van der Waals surface area contributed by atoms with Crippen LogP contribution in [0.15, 0.2) is 0 Å². The standard InChI is InChI=1S/C31H57NO6/c1-30(2,3)37-28(35)22-20-18-16-14-12-10-8-7-9-11-13-15-17-19-21-26(33)27(34)24-23-25(32)29(36)38-31(4,5)6/h25H,7-24,32H2,1-6H3/t25-/m0/s1. The highest BCUT2D eigenvalue weighted by Crippen LogP contribution is 2.15. The minimum Gasteiger partial charge on any atom is -0.460 e. The Hall–Kier alpha value is -1.76. The fraction of sp³-hybridized carbons (Fsp3) is 0.871. The summed E-state index contributed by atoms with van der Waals surface area (Å²) in [6, 6.07) is -0.881. The average Bonchev–Trinajstić information content (AvgIpc) is 2.79. The third-order valence-corrected chi connectivity index (χ3v) is 6.16. The second-order valence-corrected chi connectivity index (χ2v) is 12.6. The smallest absolute Gasteiger partial charge is 0.323 e. The Kier molecular flexibility index (Phi) is 19.3. The number of ether oxygens (including phenoxy) is 2. The highest BCUT2D eigenvalue weighted by molar-refractivity contribution is 6.37. The van der Waals surface area contributed by atoms with Crippen molar-refractivity contribution in [2.24, 2.45) is 5.73 Å². The Morgan fingerprint density at radius 1 is 0.526 bits per heavy atom. The second kappa shape index (κ2) is 20.2. The van der Waals surface area contributed by atoms with Crippen molar-refractivity contribution in [2.75, 3.05) is 0 Å². The van der Waals surface area contributed by atoms with E-state index in [0.717, 1.165) is 32.1 Å². The Bertz CT molecular complexity index is 689. The molecule has 0 aromatic heterocycles. The number of rotatable bonds is 22. The zero-order valence-electron chi connectivity index (χ0n) is 25.3. The lowest BCUT2D eigenvalue weighted by Crippen LogP contribution is -2.38. The lowest BCUT2D eigenvalue weighted by atomic mass is 10.0. The number of ketones is 2. The van der Waals surface area contributed by atoms with Crippen molar-refractivity contribution in [3.8, 4) is 0 Å². The molecule has 0 aromatic rings. The molecule has 222 valence electrons. The van der Waals surface area contributed by atoms with Crippen molar-refractivity contribution in [1.29, 1.82) is 0 Å². The molecule has 0 saturated carbocycles. The first-order chi connectivity index (χ1) is 17.7. The van der Waals surface area contributed by atoms with Gasteiger partial charge >= 0.3 is 11.9 Å². The molecule has 0 spiro atoms. The van der Waals surface area contributed by atoms with E-state index in [1.54, 1.807) is 20.8 Å². The molecule has 0 fully saturated rings. The number of nitrogens with two attached hydrogens (primary N) is 1. The zero-order valence-corrected chi connectivity index (χ0v) is 25.3. The molecule has 0 unspecified atom stereocenters. The van der Waals surface area contributed by atoms with E-state index in [1.807, 2.05) is 20.8 Å². The van der Waals surface area contributed by atoms with Gasteiger partial charge in [0, 0.05) is 19.3 Å². The van der Waals surface area contributed by atoms with Crippen LogP contribution < -0.4 is 5.73 Å². The first kappa shape index (κ1) is 36.2. The predicted molar refractivity (Wildman–Crippen MR) is 153 cm³/mol. The van der Waals surface area contributed by atoms with Crippen LogP contribution in [-0.2, 0) is 28.7 Å². The van der Waals surface area contributed by atoms with Gasteiger partial charge < -0.3 is 15.2 Å². The molecule has 1 atom stereocenters. The molecule has 38 heavy (non-hydrogen) atoms. The third-order valence-electron chi connectivity index (χ3n) is 6.16. The Morgan fingerprint density at radius 2 is 0.868 bits per heavy atom. The number of hydrogen-bond donors (Lipinski definition) is 1. The van der Waals surface area contributed by atoms with Crippen molar-refractivity contribution < 1.29 is 28.7 Å². The maximum Gasteiger partial charge on any atom is 0.323 e. The number of carbonyl (C=O) groups excluding carboxylic acids is 4. The maximum absolute atomic E-state index is 12.0. The van der Waals surface area contributed by atoms with Crippen LogP contribution in [0.5, 0.6) is 0 Å². The molecule has 7 nitrogen and oxygen atoms in total. The summed E-state index contributed by atoms with van der Waals surface area (Å²) >= 11 is 0. The molecule has 0 aliphatic carbocycles. The summed E-state index contributed by atoms with van der Waals surface area (Å²) in [6.45, 7) is 11.0. The molecule has 0 bridgehead atoms. The van der Waals surface area contributed by atoms with Gasteiger partial charge in [-0.1, -0.05) is 77.0 Å². The van der Waals surface area contributed by atoms with Crippen molar-refractivity contribution in [1.82, 2.24) is 0 Å². The Labute approximate surface area is 232 Å². The van der Waals surface area contributed by atoms with Crippen LogP contribution in [0, 0.1) is 0 Å². The molecule has 0 aromatic carbocycles. The van der Waals surface area contributed by atoms with Crippen LogP contribution in [0.3, 0.4) is 0 Å². The zero-order chi connectivity index (χ0) is 29.0. The summed E-state index contributed by atoms with van der Waals surface area (Å²) < 4.78 is 10.5. The van der Waals surface area contributed by atoms with Gasteiger partial charge in [0.05, 0.1) is 0 Å². The summed E-state index contributed by atoms with van der Waals surface area (Å²) in [6.07, 6.45) is 16.9. The SMILES string of the molecule is CC(C)(C)OC(=O)CCCCCCCCCCCCCCCCC(=O)C(=O)CC[C@H](N)C(=O)OC(C)(C)C. The van der Waals surface area contributed by atoms with Crippen molar-refractivity contribution in [3.63, 3.8) is 0 Å². The molecule has 0 saturated heterocycles. The minimum atomic E-state index is -0.881. The predicted octanol–water partition coefficient (Wildman–Crippen LogP) is 7.16. The van der Waals surface area contributed by atoms with E-state index in [-0.39, 0.29) is 36.6 Å². The molecule has 0 amide bonds. The third kappa shape index (κ3) is 23.4. The van der Waals surface area contributed by atoms with E-state index in [9.17, 15) is 19.2 Å². The molecule has 7 heteroatoms. The van der Waals surface area contributed by atoms with Gasteiger partial charge in [-0.3, -0.25) is 19.2 Å². The van der Waals surface area contributed by atoms with Crippen molar-refractivity contribution >= 4 is 23.5 Å². The summed E-state index contributed by atoms with van der Waals surface area (Å²) in [4.78, 5) is 47.6. The quantitative estimate of drug-likeness (QED) is 0.0882. The molecule has 0 aliphatic heterocycles. The molecular weight excluding hydrogens is 482 g/mol. The van der Waals surface area contributed by atoms with Crippen LogP contribution in [0.2, 0.25) is 0 Å². The van der Waals surface area contributed by atoms with E-state index in [0.29, 0.717) is 6.42 Å². The first-order valence-corrected chi connectivity index (χ1v) is 15.0. The number of unbranched alkanes of at least 4 members (excludes halogenated alkanes) is 13. The minimum absolute atomic E-state index is 0.00660. The summed E-state index contributed by atoms with van der Waals surface area (Å²) in [5.74, 6) is -1.42. The van der Waals surface area contributed by atoms with E-state index in [1.165, 1.54) is 57.8 Å². The van der Waals surface area contributed by atoms with Gasteiger partial charge in [-0.15, -0.1) is 0 Å². The van der Waals surface area contributed by atoms with E-state index in [4.69, 9.17) is 15.2 Å². The van der Waals surface area contributed by atoms with Crippen LogP contribution in [0.4, 0.5) is 0 Å². The molecule has 2 N–H and O–H groups in total. The largest absolute Gasteiger partial charge is 0.460 e. The van der Waals surface area contributed by atoms with Crippen molar-refractivity contribution in [3.05, 3.63) is 0 Å². The van der Waals surface area contributed by atoms with Gasteiger partial charge in [0.25, 0.3) is 0 Å². The number of hydrogen-bond acceptors (Lipinski definition) is 7. The fourth-order valence-corrected chi connectivity index (χ4v) is 4.13.